The Kier molecular flexibility index (Phi) is 9.08. The Morgan fingerprint density at radius 3 is 1.29 bits per heavy atom. The number of hydrogen-bond donors (Lipinski definition) is 2. The van der Waals surface area contributed by atoms with Gasteiger partial charge in [-0.3, -0.25) is 10.9 Å². The number of carbonyl (C=O) groups excluding carboxylic acids is 2. The normalized spacial score (nSPS) is 12.6. The molecule has 0 heterocycles. The third kappa shape index (κ3) is 7.61. The fourth-order valence-electron chi connectivity index (χ4n) is 2.46. The summed E-state index contributed by atoms with van der Waals surface area (Å²) in [4.78, 5) is 24.2. The minimum atomic E-state index is -4.94. The van der Waals surface area contributed by atoms with Crippen LogP contribution in [-0.2, 0) is 38.7 Å². The number of anilines is 2. The monoisotopic (exact) mass is 524 g/mol. The van der Waals surface area contributed by atoms with Gasteiger partial charge in [0.05, 0.1) is 25.6 Å². The molecule has 12 nitrogen and oxygen atoms in total. The highest BCUT2D eigenvalue weighted by molar-refractivity contribution is 8.23. The highest BCUT2D eigenvalue weighted by atomic mass is 32.3. The molecule has 0 radical (unpaired) electrons. The Bertz CT molecular complexity index is 1240. The van der Waals surface area contributed by atoms with Gasteiger partial charge in [0.2, 0.25) is 19.7 Å². The number of sulfone groups is 2. The van der Waals surface area contributed by atoms with Gasteiger partial charge >= 0.3 is 11.9 Å². The summed E-state index contributed by atoms with van der Waals surface area (Å²) in [6.07, 6.45) is 0. The molecule has 0 aromatic heterocycles. The zero-order valence-corrected chi connectivity index (χ0v) is 20.9. The number of ether oxygens (including phenoxy) is 2. The van der Waals surface area contributed by atoms with Crippen molar-refractivity contribution in [1.29, 1.82) is 0 Å². The van der Waals surface area contributed by atoms with Gasteiger partial charge in [0.15, 0.2) is 5.08 Å². The highest BCUT2D eigenvalue weighted by Crippen LogP contribution is 2.13. The summed E-state index contributed by atoms with van der Waals surface area (Å²) in [5.41, 5.74) is 7.23. The predicted molar refractivity (Wildman–Crippen MR) is 131 cm³/mol. The Labute approximate surface area is 202 Å². The van der Waals surface area contributed by atoms with Crippen molar-refractivity contribution >= 4 is 53.1 Å². The molecule has 0 aliphatic heterocycles. The molecule has 0 aliphatic carbocycles. The largest absolute Gasteiger partial charge is 0.464 e. The van der Waals surface area contributed by atoms with Gasteiger partial charge in [-0.25, -0.2) is 26.4 Å². The van der Waals surface area contributed by atoms with Gasteiger partial charge in [-0.1, -0.05) is 35.4 Å². The number of nitrogens with zero attached hydrogens (tertiary/aromatic N) is 2. The average molecular weight is 525 g/mol. The Morgan fingerprint density at radius 1 is 0.686 bits per heavy atom. The number of hydrazone groups is 2. The molecule has 0 bridgehead atoms. The van der Waals surface area contributed by atoms with Crippen LogP contribution in [0.25, 0.3) is 0 Å². The predicted octanol–water partition coefficient (Wildman–Crippen LogP) is 1.59. The molecular weight excluding hydrogens is 500 g/mol. The number of aryl methyl sites for hydroxylation is 2. The quantitative estimate of drug-likeness (QED) is 0.245. The lowest BCUT2D eigenvalue weighted by Gasteiger charge is -2.10. The first-order chi connectivity index (χ1) is 16.4. The van der Waals surface area contributed by atoms with E-state index in [1.54, 1.807) is 48.5 Å². The van der Waals surface area contributed by atoms with Crippen molar-refractivity contribution in [1.82, 2.24) is 0 Å². The SMILES string of the molecule is COC(=O)/C(=N/Nc1ccc(C)cc1)S(=O)(=O)CS(=O)(=O)/C(=N/Nc1ccc(C)cc1)C(=O)OC. The van der Waals surface area contributed by atoms with Crippen LogP contribution < -0.4 is 10.9 Å². The smallest absolute Gasteiger partial charge is 0.370 e. The number of esters is 2. The Morgan fingerprint density at radius 2 is 1.00 bits per heavy atom. The Hall–Kier alpha value is -3.78. The van der Waals surface area contributed by atoms with Crippen molar-refractivity contribution in [3.05, 3.63) is 59.7 Å². The van der Waals surface area contributed by atoms with Crippen molar-refractivity contribution in [2.24, 2.45) is 10.2 Å². The molecule has 0 saturated heterocycles. The first-order valence-electron chi connectivity index (χ1n) is 9.82. The maximum atomic E-state index is 12.9. The number of benzene rings is 2. The van der Waals surface area contributed by atoms with Crippen molar-refractivity contribution in [2.75, 3.05) is 30.2 Å². The summed E-state index contributed by atoms with van der Waals surface area (Å²) in [5, 5.41) is 2.97. The standard InChI is InChI=1S/C21H24N4O8S2/c1-14-5-9-16(10-6-14)22-24-18(20(26)32-3)34(28,29)13-35(30,31)19(21(27)33-4)25-23-17-11-7-15(2)8-12-17/h5-12,22-23H,13H2,1-4H3/b24-18-,25-19+. The van der Waals surface area contributed by atoms with Crippen molar-refractivity contribution in [2.45, 2.75) is 13.8 Å². The van der Waals surface area contributed by atoms with Gasteiger partial charge in [-0.15, -0.1) is 0 Å². The molecule has 2 aromatic rings. The summed E-state index contributed by atoms with van der Waals surface area (Å²) in [7, 11) is -8.07. The molecule has 0 atom stereocenters. The van der Waals surface area contributed by atoms with Crippen LogP contribution in [0.1, 0.15) is 11.1 Å². The molecular formula is C21H24N4O8S2. The van der Waals surface area contributed by atoms with E-state index >= 15 is 0 Å². The number of carbonyl (C=O) groups is 2. The van der Waals surface area contributed by atoms with Gasteiger partial charge in [-0.2, -0.15) is 10.2 Å². The van der Waals surface area contributed by atoms with Gasteiger partial charge < -0.3 is 9.47 Å². The van der Waals surface area contributed by atoms with Gasteiger partial charge in [0.1, 0.15) is 0 Å². The van der Waals surface area contributed by atoms with E-state index in [4.69, 9.17) is 0 Å². The lowest BCUT2D eigenvalue weighted by Crippen LogP contribution is -2.36. The summed E-state index contributed by atoms with van der Waals surface area (Å²) in [5.74, 6) is -2.82. The second kappa shape index (κ2) is 11.6. The molecule has 2 rings (SSSR count). The van der Waals surface area contributed by atoms with E-state index in [-0.39, 0.29) is 0 Å². The lowest BCUT2D eigenvalue weighted by atomic mass is 10.2. The molecule has 2 aromatic carbocycles. The van der Waals surface area contributed by atoms with E-state index in [0.29, 0.717) is 11.4 Å². The van der Waals surface area contributed by atoms with Gasteiger partial charge in [0.25, 0.3) is 10.1 Å². The van der Waals surface area contributed by atoms with Crippen molar-refractivity contribution < 1.29 is 35.9 Å². The lowest BCUT2D eigenvalue weighted by molar-refractivity contribution is -0.133. The first kappa shape index (κ1) is 27.5. The molecule has 0 aliphatic rings. The number of rotatable bonds is 6. The minimum absolute atomic E-state index is 0.328. The van der Waals surface area contributed by atoms with Gasteiger partial charge in [-0.05, 0) is 38.1 Å². The second-order valence-electron chi connectivity index (χ2n) is 7.12. The fraction of sp³-hybridized carbons (Fsp3) is 0.238. The summed E-state index contributed by atoms with van der Waals surface area (Å²) >= 11 is 0. The van der Waals surface area contributed by atoms with Crippen LogP contribution in [0.3, 0.4) is 0 Å². The Balaban J connectivity index is 2.40. The number of methoxy groups -OCH3 is 2. The molecule has 14 heteroatoms. The van der Waals surface area contributed by atoms with E-state index < -0.39 is 46.8 Å². The second-order valence-corrected chi connectivity index (χ2v) is 11.3. The number of hydrogen-bond acceptors (Lipinski definition) is 12. The van der Waals surface area contributed by atoms with Crippen LogP contribution in [0.5, 0.6) is 0 Å². The van der Waals surface area contributed by atoms with Crippen LogP contribution in [0.4, 0.5) is 11.4 Å². The molecule has 0 amide bonds. The van der Waals surface area contributed by atoms with Crippen LogP contribution in [0.15, 0.2) is 58.7 Å². The van der Waals surface area contributed by atoms with E-state index in [0.717, 1.165) is 25.3 Å². The average Bonchev–Trinajstić information content (AvgIpc) is 2.80. The van der Waals surface area contributed by atoms with Gasteiger partial charge in [0, 0.05) is 0 Å². The molecule has 0 spiro atoms. The third-order valence-electron chi connectivity index (χ3n) is 4.30. The van der Waals surface area contributed by atoms with Crippen molar-refractivity contribution in [3.8, 4) is 0 Å². The molecule has 188 valence electrons. The van der Waals surface area contributed by atoms with E-state index in [2.05, 4.69) is 30.5 Å². The number of nitrogens with one attached hydrogen (secondary N) is 2. The van der Waals surface area contributed by atoms with Crippen molar-refractivity contribution in [3.63, 3.8) is 0 Å². The fourth-order valence-corrected chi connectivity index (χ4v) is 6.03. The minimum Gasteiger partial charge on any atom is -0.464 e. The summed E-state index contributed by atoms with van der Waals surface area (Å²) in [6, 6.07) is 13.1. The van der Waals surface area contributed by atoms with E-state index in [9.17, 15) is 26.4 Å². The summed E-state index contributed by atoms with van der Waals surface area (Å²) < 4.78 is 60.4. The molecule has 0 fully saturated rings. The van der Waals surface area contributed by atoms with E-state index in [1.165, 1.54) is 0 Å². The maximum Gasteiger partial charge on any atom is 0.370 e. The molecule has 2 N–H and O–H groups in total. The molecule has 0 saturated carbocycles. The van der Waals surface area contributed by atoms with Crippen LogP contribution in [0.2, 0.25) is 0 Å². The van der Waals surface area contributed by atoms with Crippen LogP contribution >= 0.6 is 0 Å². The zero-order chi connectivity index (χ0) is 26.2. The molecule has 0 unspecified atom stereocenters. The maximum absolute atomic E-state index is 12.9. The highest BCUT2D eigenvalue weighted by Gasteiger charge is 2.39. The van der Waals surface area contributed by atoms with E-state index in [1.807, 2.05) is 13.8 Å². The topological polar surface area (TPSA) is 170 Å². The molecule has 35 heavy (non-hydrogen) atoms. The van der Waals surface area contributed by atoms with Crippen LogP contribution in [0, 0.1) is 13.8 Å². The first-order valence-corrected chi connectivity index (χ1v) is 13.1. The third-order valence-corrected chi connectivity index (χ3v) is 8.47. The summed E-state index contributed by atoms with van der Waals surface area (Å²) in [6.45, 7) is 3.66. The zero-order valence-electron chi connectivity index (χ0n) is 19.3. The van der Waals surface area contributed by atoms with Crippen LogP contribution in [-0.4, -0.2) is 58.2 Å².